The molecule has 200 valence electrons. The van der Waals surface area contributed by atoms with Crippen LogP contribution in [-0.2, 0) is 6.54 Å². The highest BCUT2D eigenvalue weighted by molar-refractivity contribution is 7.17. The number of ketones is 1. The number of aromatic amines is 2. The molecule has 7 rings (SSSR count). The van der Waals surface area contributed by atoms with Crippen molar-refractivity contribution in [3.63, 3.8) is 0 Å². The zero-order valence-electron chi connectivity index (χ0n) is 21.7. The Bertz CT molecular complexity index is 1880. The molecule has 9 nitrogen and oxygen atoms in total. The first-order chi connectivity index (χ1) is 19.5. The van der Waals surface area contributed by atoms with Gasteiger partial charge in [0.05, 0.1) is 22.0 Å². The first-order valence-electron chi connectivity index (χ1n) is 13.2. The van der Waals surface area contributed by atoms with Gasteiger partial charge in [-0.05, 0) is 62.7 Å². The van der Waals surface area contributed by atoms with E-state index in [2.05, 4.69) is 35.0 Å². The Morgan fingerprint density at radius 3 is 2.77 bits per heavy atom. The number of pyridine rings is 3. The van der Waals surface area contributed by atoms with Crippen LogP contribution in [0, 0.1) is 5.82 Å². The molecule has 1 aliphatic heterocycles. The summed E-state index contributed by atoms with van der Waals surface area (Å²) < 4.78 is 16.2. The normalized spacial score (nSPS) is 14.3. The number of H-pyrrole nitrogens is 2. The van der Waals surface area contributed by atoms with Crippen molar-refractivity contribution in [3.05, 3.63) is 65.3 Å². The van der Waals surface area contributed by atoms with Crippen LogP contribution in [0.4, 0.5) is 4.39 Å². The lowest BCUT2D eigenvalue weighted by Gasteiger charge is -2.26. The van der Waals surface area contributed by atoms with Crippen molar-refractivity contribution < 1.29 is 9.18 Å². The molecule has 0 saturated carbocycles. The highest BCUT2D eigenvalue weighted by atomic mass is 32.1. The Labute approximate surface area is 232 Å². The molecule has 40 heavy (non-hydrogen) atoms. The number of likely N-dealkylation sites (tertiary alicyclic amines) is 1. The molecule has 1 aliphatic rings. The molecule has 0 bridgehead atoms. The summed E-state index contributed by atoms with van der Waals surface area (Å²) in [4.78, 5) is 37.0. The maximum atomic E-state index is 16.2. The Balaban J connectivity index is 1.28. The third kappa shape index (κ3) is 4.37. The minimum atomic E-state index is -0.490. The van der Waals surface area contributed by atoms with E-state index in [1.165, 1.54) is 30.6 Å². The zero-order valence-corrected chi connectivity index (χ0v) is 22.6. The van der Waals surface area contributed by atoms with E-state index >= 15 is 4.39 Å². The molecular weight excluding hydrogens is 527 g/mol. The highest BCUT2D eigenvalue weighted by Crippen LogP contribution is 2.36. The number of hydrogen-bond acceptors (Lipinski definition) is 8. The number of carbonyl (C=O) groups is 1. The van der Waals surface area contributed by atoms with E-state index in [9.17, 15) is 4.79 Å². The fourth-order valence-electron chi connectivity index (χ4n) is 5.32. The van der Waals surface area contributed by atoms with E-state index < -0.39 is 5.82 Å². The van der Waals surface area contributed by atoms with Crippen LogP contribution >= 0.6 is 11.3 Å². The van der Waals surface area contributed by atoms with Gasteiger partial charge < -0.3 is 4.98 Å². The number of carbonyl (C=O) groups excluding carboxylic acids is 1. The molecule has 0 radical (unpaired) electrons. The molecule has 6 aromatic rings. The van der Waals surface area contributed by atoms with Crippen LogP contribution in [0.5, 0.6) is 0 Å². The molecule has 2 N–H and O–H groups in total. The van der Waals surface area contributed by atoms with E-state index in [0.717, 1.165) is 35.6 Å². The average Bonchev–Trinajstić information content (AvgIpc) is 3.72. The number of halogens is 1. The number of rotatable bonds is 6. The van der Waals surface area contributed by atoms with Crippen molar-refractivity contribution in [3.8, 4) is 33.2 Å². The number of piperidine rings is 1. The zero-order chi connectivity index (χ0) is 27.2. The van der Waals surface area contributed by atoms with Crippen molar-refractivity contribution in [2.75, 3.05) is 13.1 Å². The van der Waals surface area contributed by atoms with E-state index in [-0.39, 0.29) is 11.5 Å². The van der Waals surface area contributed by atoms with E-state index in [4.69, 9.17) is 4.98 Å². The fourth-order valence-corrected chi connectivity index (χ4v) is 6.25. The van der Waals surface area contributed by atoms with Gasteiger partial charge in [-0.15, -0.1) is 11.3 Å². The van der Waals surface area contributed by atoms with Crippen LogP contribution < -0.4 is 0 Å². The van der Waals surface area contributed by atoms with Gasteiger partial charge in [-0.2, -0.15) is 5.10 Å². The summed E-state index contributed by atoms with van der Waals surface area (Å²) in [7, 11) is 0. The van der Waals surface area contributed by atoms with Crippen LogP contribution in [0.2, 0.25) is 0 Å². The largest absolute Gasteiger partial charge is 0.321 e. The van der Waals surface area contributed by atoms with Crippen molar-refractivity contribution in [1.82, 2.24) is 40.0 Å². The summed E-state index contributed by atoms with van der Waals surface area (Å²) >= 11 is 1.40. The summed E-state index contributed by atoms with van der Waals surface area (Å²) in [5, 5.41) is 7.57. The average molecular weight is 553 g/mol. The van der Waals surface area contributed by atoms with Gasteiger partial charge in [0.15, 0.2) is 23.1 Å². The van der Waals surface area contributed by atoms with Crippen LogP contribution in [0.15, 0.2) is 49.1 Å². The van der Waals surface area contributed by atoms with Crippen LogP contribution in [-0.4, -0.2) is 58.9 Å². The second kappa shape index (κ2) is 10.00. The van der Waals surface area contributed by atoms with E-state index in [1.54, 1.807) is 25.5 Å². The molecule has 0 unspecified atom stereocenters. The number of nitrogens with zero attached hydrogens (tertiary/aromatic N) is 6. The number of fused-ring (bicyclic) bond motifs is 2. The van der Waals surface area contributed by atoms with E-state index in [1.807, 2.05) is 30.5 Å². The van der Waals surface area contributed by atoms with Gasteiger partial charge in [-0.1, -0.05) is 6.42 Å². The van der Waals surface area contributed by atoms with Crippen molar-refractivity contribution in [1.29, 1.82) is 0 Å². The van der Waals surface area contributed by atoms with Gasteiger partial charge in [0.1, 0.15) is 16.9 Å². The number of imidazole rings is 1. The van der Waals surface area contributed by atoms with Crippen LogP contribution in [0.1, 0.15) is 41.4 Å². The van der Waals surface area contributed by atoms with Crippen LogP contribution in [0.25, 0.3) is 55.3 Å². The molecule has 7 heterocycles. The lowest BCUT2D eigenvalue weighted by atomic mass is 10.1. The molecule has 6 aromatic heterocycles. The Morgan fingerprint density at radius 2 is 1.95 bits per heavy atom. The number of nitrogens with one attached hydrogen (secondary N) is 2. The second-order valence-electron chi connectivity index (χ2n) is 10.1. The van der Waals surface area contributed by atoms with Gasteiger partial charge in [0.25, 0.3) is 0 Å². The van der Waals surface area contributed by atoms with Gasteiger partial charge in [-0.25, -0.2) is 14.4 Å². The minimum absolute atomic E-state index is 0.0133. The molecule has 0 amide bonds. The third-order valence-corrected chi connectivity index (χ3v) is 8.51. The number of hydrogen-bond donors (Lipinski definition) is 2. The topological polar surface area (TPSA) is 116 Å². The Morgan fingerprint density at radius 1 is 1.07 bits per heavy atom. The second-order valence-corrected chi connectivity index (χ2v) is 11.1. The third-order valence-electron chi connectivity index (χ3n) is 7.30. The van der Waals surface area contributed by atoms with Crippen molar-refractivity contribution in [2.24, 2.45) is 0 Å². The number of Topliss-reactive ketones (excluding diaryl/α,β-unsaturated/α-hetero) is 1. The number of thiophene rings is 1. The predicted octanol–water partition coefficient (Wildman–Crippen LogP) is 6.01. The van der Waals surface area contributed by atoms with Gasteiger partial charge in [0, 0.05) is 41.1 Å². The SMILES string of the molecule is CC(=O)c1ccc(-c2ccnc3[nH]c(-c4n[nH]c5cnc(-c6cncc(CN7CCCCC7)c6)c(F)c45)nc23)s1. The minimum Gasteiger partial charge on any atom is -0.321 e. The predicted molar refractivity (Wildman–Crippen MR) is 152 cm³/mol. The van der Waals surface area contributed by atoms with Gasteiger partial charge in [0.2, 0.25) is 0 Å². The van der Waals surface area contributed by atoms with E-state index in [0.29, 0.717) is 44.0 Å². The molecule has 0 atom stereocenters. The molecule has 0 aliphatic carbocycles. The van der Waals surface area contributed by atoms with Crippen molar-refractivity contribution >= 4 is 39.2 Å². The molecule has 1 saturated heterocycles. The maximum Gasteiger partial charge on any atom is 0.169 e. The summed E-state index contributed by atoms with van der Waals surface area (Å²) in [6, 6.07) is 7.54. The quantitative estimate of drug-likeness (QED) is 0.243. The Hall–Kier alpha value is -4.35. The smallest absolute Gasteiger partial charge is 0.169 e. The summed E-state index contributed by atoms with van der Waals surface area (Å²) in [5.41, 5.74) is 4.68. The molecule has 0 aromatic carbocycles. The molecule has 0 spiro atoms. The van der Waals surface area contributed by atoms with Crippen molar-refractivity contribution in [2.45, 2.75) is 32.7 Å². The maximum absolute atomic E-state index is 16.2. The summed E-state index contributed by atoms with van der Waals surface area (Å²) in [6.07, 6.45) is 10.4. The monoisotopic (exact) mass is 552 g/mol. The first-order valence-corrected chi connectivity index (χ1v) is 14.0. The molecular formula is C29H25FN8OS. The number of aromatic nitrogens is 7. The fraction of sp³-hybridized carbons (Fsp3) is 0.241. The molecule has 1 fully saturated rings. The standard InChI is InChI=1S/C29H25FN8OS/c1-16(39)21-5-6-22(40-21)19-7-8-32-28-26(19)34-29(35-28)27-23-20(36-37-27)14-33-25(24(23)30)18-11-17(12-31-13-18)15-38-9-3-2-4-10-38/h5-8,11-14H,2-4,9-10,15H2,1H3,(H,36,37)(H,32,34,35). The lowest BCUT2D eigenvalue weighted by molar-refractivity contribution is 0.102. The first kappa shape index (κ1) is 24.7. The lowest BCUT2D eigenvalue weighted by Crippen LogP contribution is -2.29. The van der Waals surface area contributed by atoms with Gasteiger partial charge >= 0.3 is 0 Å². The summed E-state index contributed by atoms with van der Waals surface area (Å²) in [6.45, 7) is 4.47. The highest BCUT2D eigenvalue weighted by Gasteiger charge is 2.22. The van der Waals surface area contributed by atoms with Crippen LogP contribution in [0.3, 0.4) is 0 Å². The Kier molecular flexibility index (Phi) is 6.17. The van der Waals surface area contributed by atoms with Gasteiger partial charge in [-0.3, -0.25) is 24.8 Å². The summed E-state index contributed by atoms with van der Waals surface area (Å²) in [5.74, 6) is -0.0897. The molecule has 11 heteroatoms.